The highest BCUT2D eigenvalue weighted by atomic mass is 32.2. The van der Waals surface area contributed by atoms with Gasteiger partial charge in [-0.25, -0.2) is 0 Å². The van der Waals surface area contributed by atoms with Crippen molar-refractivity contribution >= 4 is 23.6 Å². The van der Waals surface area contributed by atoms with Crippen LogP contribution in [0.3, 0.4) is 0 Å². The Labute approximate surface area is 125 Å². The van der Waals surface area contributed by atoms with E-state index in [0.29, 0.717) is 18.0 Å². The number of nitrogens with one attached hydrogen (secondary N) is 1. The van der Waals surface area contributed by atoms with Crippen LogP contribution in [0.2, 0.25) is 0 Å². The summed E-state index contributed by atoms with van der Waals surface area (Å²) < 4.78 is 10.5. The zero-order valence-electron chi connectivity index (χ0n) is 11.4. The fraction of sp³-hybridized carbons (Fsp3) is 0.385. The average Bonchev–Trinajstić information content (AvgIpc) is 2.94. The number of hydrogen-bond acceptors (Lipinski definition) is 6. The molecule has 1 aliphatic rings. The molecule has 4 N–H and O–H groups in total. The first kappa shape index (κ1) is 15.5. The minimum absolute atomic E-state index is 0.120. The number of carboxylic acids is 1. The van der Waals surface area contributed by atoms with Crippen LogP contribution in [0, 0.1) is 0 Å². The number of benzene rings is 1. The topological polar surface area (TPSA) is 111 Å². The van der Waals surface area contributed by atoms with Crippen LogP contribution in [0.25, 0.3) is 0 Å². The molecular formula is C13H16N2O5S. The van der Waals surface area contributed by atoms with E-state index in [-0.39, 0.29) is 12.0 Å². The number of nitrogens with two attached hydrogens (primary N) is 1. The van der Waals surface area contributed by atoms with Crippen LogP contribution in [-0.2, 0) is 9.59 Å². The molecule has 0 bridgehead atoms. The van der Waals surface area contributed by atoms with E-state index in [2.05, 4.69) is 5.32 Å². The van der Waals surface area contributed by atoms with Crippen LogP contribution in [-0.4, -0.2) is 42.5 Å². The number of primary amides is 1. The Morgan fingerprint density at radius 1 is 1.48 bits per heavy atom. The summed E-state index contributed by atoms with van der Waals surface area (Å²) in [6.07, 6.45) is 0. The van der Waals surface area contributed by atoms with Crippen molar-refractivity contribution in [2.45, 2.75) is 10.6 Å². The summed E-state index contributed by atoms with van der Waals surface area (Å²) in [4.78, 5) is 21.7. The molecule has 2 atom stereocenters. The van der Waals surface area contributed by atoms with Crippen molar-refractivity contribution in [2.75, 3.05) is 20.3 Å². The second kappa shape index (κ2) is 6.68. The summed E-state index contributed by atoms with van der Waals surface area (Å²) in [5.41, 5.74) is 5.91. The van der Waals surface area contributed by atoms with E-state index in [1.807, 2.05) is 0 Å². The highest BCUT2D eigenvalue weighted by Gasteiger charge is 2.31. The summed E-state index contributed by atoms with van der Waals surface area (Å²) in [5.74, 6) is -0.519. The maximum absolute atomic E-state index is 11.0. The highest BCUT2D eigenvalue weighted by molar-refractivity contribution is 8.01. The minimum Gasteiger partial charge on any atom is -0.493 e. The lowest BCUT2D eigenvalue weighted by Crippen LogP contribution is -2.21. The molecule has 1 aliphatic heterocycles. The van der Waals surface area contributed by atoms with Crippen LogP contribution in [0.5, 0.6) is 11.5 Å². The fourth-order valence-corrected chi connectivity index (χ4v) is 3.07. The second-order valence-electron chi connectivity index (χ2n) is 4.42. The maximum Gasteiger partial charge on any atom is 0.318 e. The average molecular weight is 312 g/mol. The SMILES string of the molecule is COc1cc([C@H]2NC[C@@H](C(=O)O)S2)ccc1OCC(N)=O. The predicted octanol–water partition coefficient (Wildman–Crippen LogP) is 0.347. The Morgan fingerprint density at radius 2 is 2.24 bits per heavy atom. The first-order valence-corrected chi connectivity index (χ1v) is 7.16. The molecule has 114 valence electrons. The van der Waals surface area contributed by atoms with Crippen LogP contribution in [0.15, 0.2) is 18.2 Å². The summed E-state index contributed by atoms with van der Waals surface area (Å²) in [5, 5.41) is 11.5. The summed E-state index contributed by atoms with van der Waals surface area (Å²) in [7, 11) is 1.49. The van der Waals surface area contributed by atoms with Crippen molar-refractivity contribution in [3.8, 4) is 11.5 Å². The first-order chi connectivity index (χ1) is 10.0. The van der Waals surface area contributed by atoms with Crippen molar-refractivity contribution in [2.24, 2.45) is 5.73 Å². The van der Waals surface area contributed by atoms with Gasteiger partial charge >= 0.3 is 5.97 Å². The van der Waals surface area contributed by atoms with E-state index in [1.165, 1.54) is 18.9 Å². The van der Waals surface area contributed by atoms with E-state index in [1.54, 1.807) is 18.2 Å². The molecule has 0 radical (unpaired) electrons. The van der Waals surface area contributed by atoms with Gasteiger partial charge in [0.1, 0.15) is 5.25 Å². The molecule has 0 spiro atoms. The summed E-state index contributed by atoms with van der Waals surface area (Å²) in [6.45, 7) is 0.181. The van der Waals surface area contributed by atoms with Crippen LogP contribution in [0.1, 0.15) is 10.9 Å². The van der Waals surface area contributed by atoms with Gasteiger partial charge in [0.05, 0.1) is 12.5 Å². The third-order valence-corrected chi connectivity index (χ3v) is 4.33. The van der Waals surface area contributed by atoms with Gasteiger partial charge in [0.25, 0.3) is 5.91 Å². The lowest BCUT2D eigenvalue weighted by molar-refractivity contribution is -0.136. The number of methoxy groups -OCH3 is 1. The van der Waals surface area contributed by atoms with Crippen molar-refractivity contribution in [1.29, 1.82) is 0 Å². The Bertz CT molecular complexity index is 551. The lowest BCUT2D eigenvalue weighted by atomic mass is 10.2. The van der Waals surface area contributed by atoms with Gasteiger partial charge in [-0.1, -0.05) is 6.07 Å². The van der Waals surface area contributed by atoms with Crippen LogP contribution >= 0.6 is 11.8 Å². The number of hydrogen-bond donors (Lipinski definition) is 3. The molecule has 1 heterocycles. The van der Waals surface area contributed by atoms with Gasteiger partial charge in [-0.3, -0.25) is 14.9 Å². The molecule has 0 unspecified atom stereocenters. The van der Waals surface area contributed by atoms with Crippen molar-refractivity contribution in [1.82, 2.24) is 5.32 Å². The molecule has 1 aromatic rings. The number of carboxylic acid groups (broad SMARTS) is 1. The van der Waals surface area contributed by atoms with Gasteiger partial charge in [0, 0.05) is 6.54 Å². The number of aliphatic carboxylic acids is 1. The molecule has 21 heavy (non-hydrogen) atoms. The first-order valence-electron chi connectivity index (χ1n) is 6.22. The maximum atomic E-state index is 11.0. The summed E-state index contributed by atoms with van der Waals surface area (Å²) in [6, 6.07) is 5.23. The number of rotatable bonds is 6. The molecule has 2 rings (SSSR count). The van der Waals surface area contributed by atoms with E-state index >= 15 is 0 Å². The van der Waals surface area contributed by atoms with Crippen LogP contribution in [0.4, 0.5) is 0 Å². The minimum atomic E-state index is -0.830. The van der Waals surface area contributed by atoms with Gasteiger partial charge in [-0.15, -0.1) is 11.8 Å². The Morgan fingerprint density at radius 3 is 2.81 bits per heavy atom. The molecule has 1 fully saturated rings. The number of thioether (sulfide) groups is 1. The molecule has 0 saturated carbocycles. The molecule has 8 heteroatoms. The van der Waals surface area contributed by atoms with E-state index in [9.17, 15) is 9.59 Å². The quantitative estimate of drug-likeness (QED) is 0.695. The zero-order valence-corrected chi connectivity index (χ0v) is 12.2. The Balaban J connectivity index is 2.12. The molecular weight excluding hydrogens is 296 g/mol. The second-order valence-corrected chi connectivity index (χ2v) is 5.73. The Hall–Kier alpha value is -1.93. The van der Waals surface area contributed by atoms with Crippen molar-refractivity contribution in [3.63, 3.8) is 0 Å². The number of ether oxygens (including phenoxy) is 2. The molecule has 1 saturated heterocycles. The lowest BCUT2D eigenvalue weighted by Gasteiger charge is -2.14. The number of amides is 1. The number of carbonyl (C=O) groups excluding carboxylic acids is 1. The number of carbonyl (C=O) groups is 2. The molecule has 1 aromatic carbocycles. The van der Waals surface area contributed by atoms with Gasteiger partial charge in [-0.2, -0.15) is 0 Å². The van der Waals surface area contributed by atoms with Gasteiger partial charge in [0.15, 0.2) is 18.1 Å². The summed E-state index contributed by atoms with van der Waals surface area (Å²) >= 11 is 1.33. The standard InChI is InChI=1S/C13H16N2O5S/c1-19-9-4-7(2-3-8(9)20-6-11(14)16)12-15-5-10(21-12)13(17)18/h2-4,10,12,15H,5-6H2,1H3,(H2,14,16)(H,17,18)/t10-,12-/m0/s1. The Kier molecular flexibility index (Phi) is 4.92. The fourth-order valence-electron chi connectivity index (χ4n) is 1.93. The van der Waals surface area contributed by atoms with E-state index < -0.39 is 17.1 Å². The largest absolute Gasteiger partial charge is 0.493 e. The molecule has 0 aliphatic carbocycles. The van der Waals surface area contributed by atoms with Crippen LogP contribution < -0.4 is 20.5 Å². The highest BCUT2D eigenvalue weighted by Crippen LogP contribution is 2.38. The van der Waals surface area contributed by atoms with E-state index in [0.717, 1.165) is 5.56 Å². The third-order valence-electron chi connectivity index (χ3n) is 2.92. The van der Waals surface area contributed by atoms with Crippen molar-refractivity contribution in [3.05, 3.63) is 23.8 Å². The third kappa shape index (κ3) is 3.79. The van der Waals surface area contributed by atoms with Crippen molar-refractivity contribution < 1.29 is 24.2 Å². The van der Waals surface area contributed by atoms with Gasteiger partial charge in [0.2, 0.25) is 0 Å². The monoisotopic (exact) mass is 312 g/mol. The smallest absolute Gasteiger partial charge is 0.318 e. The van der Waals surface area contributed by atoms with Gasteiger partial charge in [-0.05, 0) is 17.7 Å². The van der Waals surface area contributed by atoms with E-state index in [4.69, 9.17) is 20.3 Å². The molecule has 7 nitrogen and oxygen atoms in total. The van der Waals surface area contributed by atoms with Gasteiger partial charge < -0.3 is 20.3 Å². The normalized spacial score (nSPS) is 21.0. The predicted molar refractivity (Wildman–Crippen MR) is 77.4 cm³/mol. The molecule has 1 amide bonds. The zero-order chi connectivity index (χ0) is 15.4. The molecule has 0 aromatic heterocycles.